The lowest BCUT2D eigenvalue weighted by Gasteiger charge is -2.19. The summed E-state index contributed by atoms with van der Waals surface area (Å²) in [5.41, 5.74) is 8.17. The average Bonchev–Trinajstić information content (AvgIpc) is 3.03. The van der Waals surface area contributed by atoms with Gasteiger partial charge in [0.25, 0.3) is 0 Å². The second-order valence-corrected chi connectivity index (χ2v) is 8.08. The van der Waals surface area contributed by atoms with E-state index in [9.17, 15) is 8.78 Å². The van der Waals surface area contributed by atoms with Gasteiger partial charge in [-0.25, -0.2) is 4.98 Å². The fourth-order valence-corrected chi connectivity index (χ4v) is 4.45. The van der Waals surface area contributed by atoms with Crippen molar-refractivity contribution in [2.45, 2.75) is 32.4 Å². The Bertz CT molecular complexity index is 861. The molecule has 9 heteroatoms. The molecule has 2 aromatic heterocycles. The van der Waals surface area contributed by atoms with E-state index in [1.807, 2.05) is 4.68 Å². The van der Waals surface area contributed by atoms with Gasteiger partial charge in [-0.3, -0.25) is 4.68 Å². The number of pyridine rings is 1. The van der Waals surface area contributed by atoms with Gasteiger partial charge < -0.3 is 20.1 Å². The van der Waals surface area contributed by atoms with Crippen LogP contribution in [0.3, 0.4) is 0 Å². The molecule has 2 aliphatic rings. The van der Waals surface area contributed by atoms with E-state index in [0.717, 1.165) is 26.2 Å². The van der Waals surface area contributed by atoms with Crippen LogP contribution >= 0.6 is 0 Å². The van der Waals surface area contributed by atoms with Gasteiger partial charge >= 0.3 is 6.61 Å². The molecular formula is C20H27F2N5O2. The van der Waals surface area contributed by atoms with Crippen molar-refractivity contribution in [1.82, 2.24) is 19.7 Å². The number of anilines is 1. The lowest BCUT2D eigenvalue weighted by atomic mass is 10.1. The van der Waals surface area contributed by atoms with Crippen LogP contribution in [0.5, 0.6) is 5.75 Å². The minimum Gasteiger partial charge on any atom is -0.431 e. The topological polar surface area (TPSA) is 78.4 Å². The second kappa shape index (κ2) is 7.87. The van der Waals surface area contributed by atoms with E-state index >= 15 is 0 Å². The molecule has 1 saturated heterocycles. The first-order valence-electron chi connectivity index (χ1n) is 9.90. The zero-order valence-corrected chi connectivity index (χ0v) is 16.9. The summed E-state index contributed by atoms with van der Waals surface area (Å²) < 4.78 is 37.0. The highest BCUT2D eigenvalue weighted by atomic mass is 19.3. The second-order valence-electron chi connectivity index (χ2n) is 8.08. The molecule has 2 fully saturated rings. The predicted molar refractivity (Wildman–Crippen MR) is 105 cm³/mol. The molecule has 4 rings (SSSR count). The number of hydrogen-bond acceptors (Lipinski definition) is 6. The van der Waals surface area contributed by atoms with E-state index in [-0.39, 0.29) is 17.6 Å². The fourth-order valence-electron chi connectivity index (χ4n) is 4.45. The van der Waals surface area contributed by atoms with Gasteiger partial charge in [0.15, 0.2) is 11.6 Å². The SMILES string of the molecule is COCCN1C[C@@H]2[C@H](C1)[C@@H]2c1cc(-c2cnc(N)c(OC(F)F)c2)nn1C(C)C. The van der Waals surface area contributed by atoms with E-state index in [0.29, 0.717) is 29.0 Å². The molecule has 0 spiro atoms. The normalized spacial score (nSPS) is 23.8. The Morgan fingerprint density at radius 1 is 1.24 bits per heavy atom. The van der Waals surface area contributed by atoms with Gasteiger partial charge in [0.1, 0.15) is 0 Å². The number of nitrogens with two attached hydrogens (primary N) is 1. The minimum absolute atomic E-state index is 0.0644. The molecule has 29 heavy (non-hydrogen) atoms. The number of ether oxygens (including phenoxy) is 2. The number of likely N-dealkylation sites (tertiary alicyclic amines) is 1. The van der Waals surface area contributed by atoms with Crippen LogP contribution < -0.4 is 10.5 Å². The third-order valence-electron chi connectivity index (χ3n) is 5.87. The summed E-state index contributed by atoms with van der Waals surface area (Å²) in [5, 5.41) is 4.75. The van der Waals surface area contributed by atoms with Crippen LogP contribution in [0.1, 0.15) is 31.5 Å². The number of alkyl halides is 2. The summed E-state index contributed by atoms with van der Waals surface area (Å²) in [6.45, 7) is 5.11. The van der Waals surface area contributed by atoms with Crippen molar-refractivity contribution < 1.29 is 18.3 Å². The number of rotatable bonds is 8. The zero-order chi connectivity index (χ0) is 20.7. The molecule has 0 amide bonds. The first-order valence-corrected chi connectivity index (χ1v) is 9.90. The van der Waals surface area contributed by atoms with Crippen molar-refractivity contribution in [2.75, 3.05) is 39.1 Å². The van der Waals surface area contributed by atoms with Crippen LogP contribution in [-0.2, 0) is 4.74 Å². The highest BCUT2D eigenvalue weighted by Crippen LogP contribution is 2.58. The summed E-state index contributed by atoms with van der Waals surface area (Å²) in [7, 11) is 1.73. The number of aromatic nitrogens is 3. The Kier molecular flexibility index (Phi) is 5.44. The van der Waals surface area contributed by atoms with Gasteiger partial charge in [-0.1, -0.05) is 0 Å². The molecule has 3 atom stereocenters. The maximum absolute atomic E-state index is 12.6. The molecule has 1 saturated carbocycles. The number of methoxy groups -OCH3 is 1. The number of nitrogen functional groups attached to an aromatic ring is 1. The summed E-state index contributed by atoms with van der Waals surface area (Å²) >= 11 is 0. The fraction of sp³-hybridized carbons (Fsp3) is 0.600. The van der Waals surface area contributed by atoms with Crippen LogP contribution in [0.4, 0.5) is 14.6 Å². The maximum Gasteiger partial charge on any atom is 0.387 e. The molecule has 0 bridgehead atoms. The van der Waals surface area contributed by atoms with Crippen LogP contribution in [0.25, 0.3) is 11.3 Å². The van der Waals surface area contributed by atoms with E-state index in [2.05, 4.69) is 34.5 Å². The Balaban J connectivity index is 1.56. The minimum atomic E-state index is -2.95. The quantitative estimate of drug-likeness (QED) is 0.725. The highest BCUT2D eigenvalue weighted by Gasteiger charge is 2.57. The number of piperidine rings is 1. The molecule has 1 aliphatic heterocycles. The lowest BCUT2D eigenvalue weighted by Crippen LogP contribution is -2.28. The summed E-state index contributed by atoms with van der Waals surface area (Å²) in [6.07, 6.45) is 1.55. The van der Waals surface area contributed by atoms with E-state index < -0.39 is 6.61 Å². The molecule has 1 aliphatic carbocycles. The monoisotopic (exact) mass is 407 g/mol. The van der Waals surface area contributed by atoms with Crippen molar-refractivity contribution >= 4 is 5.82 Å². The molecule has 158 valence electrons. The van der Waals surface area contributed by atoms with E-state index in [1.165, 1.54) is 11.8 Å². The predicted octanol–water partition coefficient (Wildman–Crippen LogP) is 3.00. The molecular weight excluding hydrogens is 380 g/mol. The highest BCUT2D eigenvalue weighted by molar-refractivity contribution is 5.64. The lowest BCUT2D eigenvalue weighted by molar-refractivity contribution is -0.0494. The zero-order valence-electron chi connectivity index (χ0n) is 16.9. The Hall–Kier alpha value is -2.26. The molecule has 3 heterocycles. The Morgan fingerprint density at radius 3 is 2.59 bits per heavy atom. The first kappa shape index (κ1) is 20.0. The van der Waals surface area contributed by atoms with E-state index in [4.69, 9.17) is 15.6 Å². The summed E-state index contributed by atoms with van der Waals surface area (Å²) in [6, 6.07) is 3.73. The van der Waals surface area contributed by atoms with Crippen LogP contribution in [-0.4, -0.2) is 59.6 Å². The molecule has 2 aromatic rings. The van der Waals surface area contributed by atoms with E-state index in [1.54, 1.807) is 13.3 Å². The Labute approximate surface area is 168 Å². The third-order valence-corrected chi connectivity index (χ3v) is 5.87. The van der Waals surface area contributed by atoms with Crippen molar-refractivity contribution in [3.63, 3.8) is 0 Å². The Morgan fingerprint density at radius 2 is 1.97 bits per heavy atom. The molecule has 0 unspecified atom stereocenters. The number of fused-ring (bicyclic) bond motifs is 1. The average molecular weight is 407 g/mol. The van der Waals surface area contributed by atoms with Crippen LogP contribution in [0, 0.1) is 11.8 Å². The first-order chi connectivity index (χ1) is 13.9. The van der Waals surface area contributed by atoms with Gasteiger partial charge in [-0.05, 0) is 37.8 Å². The molecule has 7 nitrogen and oxygen atoms in total. The van der Waals surface area contributed by atoms with Crippen molar-refractivity contribution in [2.24, 2.45) is 11.8 Å². The van der Waals surface area contributed by atoms with Crippen molar-refractivity contribution in [1.29, 1.82) is 0 Å². The number of halogens is 2. The third kappa shape index (κ3) is 3.93. The van der Waals surface area contributed by atoms with Crippen LogP contribution in [0.2, 0.25) is 0 Å². The molecule has 2 N–H and O–H groups in total. The van der Waals surface area contributed by atoms with Crippen LogP contribution in [0.15, 0.2) is 18.3 Å². The van der Waals surface area contributed by atoms with Gasteiger partial charge in [-0.15, -0.1) is 0 Å². The van der Waals surface area contributed by atoms with Crippen molar-refractivity contribution in [3.8, 4) is 17.0 Å². The van der Waals surface area contributed by atoms with Crippen molar-refractivity contribution in [3.05, 3.63) is 24.0 Å². The summed E-state index contributed by atoms with van der Waals surface area (Å²) in [5.74, 6) is 1.56. The largest absolute Gasteiger partial charge is 0.431 e. The van der Waals surface area contributed by atoms with Gasteiger partial charge in [0.05, 0.1) is 12.3 Å². The number of hydrogen-bond donors (Lipinski definition) is 1. The number of nitrogens with zero attached hydrogens (tertiary/aromatic N) is 4. The molecule has 0 radical (unpaired) electrons. The van der Waals surface area contributed by atoms with Gasteiger partial charge in [-0.2, -0.15) is 13.9 Å². The smallest absolute Gasteiger partial charge is 0.387 e. The van der Waals surface area contributed by atoms with Gasteiger partial charge in [0, 0.05) is 56.2 Å². The molecule has 0 aromatic carbocycles. The maximum atomic E-state index is 12.6. The van der Waals surface area contributed by atoms with Gasteiger partial charge in [0.2, 0.25) is 0 Å². The summed E-state index contributed by atoms with van der Waals surface area (Å²) in [4.78, 5) is 6.45. The standard InChI is InChI=1S/C20H27F2N5O2/c1-11(2)27-16(18-13-9-26(4-5-28-3)10-14(13)18)7-15(25-27)12-6-17(29-20(21)22)19(23)24-8-12/h6-8,11,13-14,18,20H,4-5,9-10H2,1-3H3,(H2,23,24)/t13-,14+,18-.